The number of rotatable bonds is 4. The Morgan fingerprint density at radius 1 is 1.08 bits per heavy atom. The monoisotopic (exact) mass is 178 g/mol. The van der Waals surface area contributed by atoms with Crippen LogP contribution in [-0.4, -0.2) is 9.52 Å². The summed E-state index contributed by atoms with van der Waals surface area (Å²) in [6.07, 6.45) is 2.51. The molecule has 1 aromatic carbocycles. The summed E-state index contributed by atoms with van der Waals surface area (Å²) in [4.78, 5) is 0. The van der Waals surface area contributed by atoms with Gasteiger partial charge in [0.15, 0.2) is 0 Å². The number of benzene rings is 1. The van der Waals surface area contributed by atoms with Crippen molar-refractivity contribution in [3.8, 4) is 0 Å². The molecule has 66 valence electrons. The highest BCUT2D eigenvalue weighted by atomic mass is 28.2. The molecule has 0 bridgehead atoms. The lowest BCUT2D eigenvalue weighted by molar-refractivity contribution is 1.08. The molecule has 0 aliphatic rings. The highest BCUT2D eigenvalue weighted by Crippen LogP contribution is 1.97. The van der Waals surface area contributed by atoms with Crippen molar-refractivity contribution in [1.82, 2.24) is 0 Å². The molecule has 0 aromatic heterocycles. The van der Waals surface area contributed by atoms with Crippen LogP contribution in [0.2, 0.25) is 6.04 Å². The molecule has 0 spiro atoms. The zero-order valence-electron chi connectivity index (χ0n) is 8.14. The molecule has 0 aliphatic heterocycles. The molecule has 0 amide bonds. The third kappa shape index (κ3) is 2.82. The Balaban J connectivity index is 2.53. The maximum atomic E-state index is 2.32. The SMILES string of the molecule is CCC[SiH2]c1ccc(CC)cc1. The molecule has 0 atom stereocenters. The van der Waals surface area contributed by atoms with E-state index in [1.165, 1.54) is 18.0 Å². The fourth-order valence-electron chi connectivity index (χ4n) is 1.32. The molecule has 0 unspecified atom stereocenters. The maximum Gasteiger partial charge on any atom is 0.0547 e. The molecule has 0 aliphatic carbocycles. The standard InChI is InChI=1S/C11H18Si/c1-3-9-12-11-7-5-10(4-2)6-8-11/h5-8H,3-4,9,12H2,1-2H3. The Bertz CT molecular complexity index is 213. The normalized spacial score (nSPS) is 11.2. The van der Waals surface area contributed by atoms with Gasteiger partial charge in [0.05, 0.1) is 9.52 Å². The van der Waals surface area contributed by atoms with Gasteiger partial charge in [-0.25, -0.2) is 0 Å². The van der Waals surface area contributed by atoms with Crippen molar-refractivity contribution in [2.45, 2.75) is 32.7 Å². The van der Waals surface area contributed by atoms with Crippen LogP contribution >= 0.6 is 0 Å². The smallest absolute Gasteiger partial charge is 0.0547 e. The topological polar surface area (TPSA) is 0 Å². The van der Waals surface area contributed by atoms with Gasteiger partial charge in [-0.3, -0.25) is 0 Å². The van der Waals surface area contributed by atoms with Crippen molar-refractivity contribution in [2.75, 3.05) is 0 Å². The van der Waals surface area contributed by atoms with Crippen molar-refractivity contribution in [3.63, 3.8) is 0 Å². The molecular weight excluding hydrogens is 160 g/mol. The second-order valence-electron chi connectivity index (χ2n) is 3.27. The second-order valence-corrected chi connectivity index (χ2v) is 5.30. The lowest BCUT2D eigenvalue weighted by Gasteiger charge is -2.00. The molecule has 1 heteroatoms. The molecule has 0 fully saturated rings. The van der Waals surface area contributed by atoms with Gasteiger partial charge in [0.2, 0.25) is 0 Å². The average molecular weight is 178 g/mol. The van der Waals surface area contributed by atoms with Gasteiger partial charge < -0.3 is 0 Å². The van der Waals surface area contributed by atoms with Gasteiger partial charge in [0.1, 0.15) is 0 Å². The largest absolute Gasteiger partial charge is 0.0669 e. The molecule has 0 heterocycles. The molecule has 12 heavy (non-hydrogen) atoms. The average Bonchev–Trinajstić information content (AvgIpc) is 2.15. The zero-order valence-corrected chi connectivity index (χ0v) is 9.55. The van der Waals surface area contributed by atoms with Gasteiger partial charge in [-0.1, -0.05) is 55.8 Å². The van der Waals surface area contributed by atoms with E-state index in [0.29, 0.717) is 0 Å². The predicted molar refractivity (Wildman–Crippen MR) is 59.1 cm³/mol. The van der Waals surface area contributed by atoms with Crippen LogP contribution in [0.25, 0.3) is 0 Å². The van der Waals surface area contributed by atoms with E-state index in [2.05, 4.69) is 38.1 Å². The van der Waals surface area contributed by atoms with E-state index < -0.39 is 0 Å². The van der Waals surface area contributed by atoms with Gasteiger partial charge in [0, 0.05) is 0 Å². The molecule has 1 aromatic rings. The van der Waals surface area contributed by atoms with Crippen LogP contribution in [0.3, 0.4) is 0 Å². The molecule has 0 N–H and O–H groups in total. The zero-order chi connectivity index (χ0) is 8.81. The van der Waals surface area contributed by atoms with Crippen molar-refractivity contribution in [2.24, 2.45) is 0 Å². The Hall–Kier alpha value is -0.563. The van der Waals surface area contributed by atoms with Crippen LogP contribution in [0.15, 0.2) is 24.3 Å². The van der Waals surface area contributed by atoms with Gasteiger partial charge in [-0.15, -0.1) is 0 Å². The Labute approximate surface area is 77.8 Å². The van der Waals surface area contributed by atoms with E-state index in [1.807, 2.05) is 0 Å². The van der Waals surface area contributed by atoms with Gasteiger partial charge >= 0.3 is 0 Å². The predicted octanol–water partition coefficient (Wildman–Crippen LogP) is 1.87. The summed E-state index contributed by atoms with van der Waals surface area (Å²) in [6.45, 7) is 4.48. The fraction of sp³-hybridized carbons (Fsp3) is 0.455. The second kappa shape index (κ2) is 5.15. The van der Waals surface area contributed by atoms with E-state index in [4.69, 9.17) is 0 Å². The quantitative estimate of drug-likeness (QED) is 0.618. The summed E-state index contributed by atoms with van der Waals surface area (Å²) in [7, 11) is 0.0649. The van der Waals surface area contributed by atoms with Crippen LogP contribution in [0.4, 0.5) is 0 Å². The van der Waals surface area contributed by atoms with E-state index in [0.717, 1.165) is 6.42 Å². The van der Waals surface area contributed by atoms with E-state index in [9.17, 15) is 0 Å². The minimum Gasteiger partial charge on any atom is -0.0669 e. The summed E-state index contributed by atoms with van der Waals surface area (Å²) in [6, 6.07) is 10.6. The molecule has 1 rings (SSSR count). The first kappa shape index (κ1) is 9.52. The first-order chi connectivity index (χ1) is 5.86. The van der Waals surface area contributed by atoms with Crippen molar-refractivity contribution >= 4 is 14.7 Å². The van der Waals surface area contributed by atoms with Gasteiger partial charge in [0.25, 0.3) is 0 Å². The Morgan fingerprint density at radius 2 is 1.75 bits per heavy atom. The molecule has 0 saturated heterocycles. The molecule has 0 radical (unpaired) electrons. The van der Waals surface area contributed by atoms with Crippen LogP contribution in [0.5, 0.6) is 0 Å². The van der Waals surface area contributed by atoms with Crippen LogP contribution in [-0.2, 0) is 6.42 Å². The van der Waals surface area contributed by atoms with Crippen molar-refractivity contribution < 1.29 is 0 Å². The van der Waals surface area contributed by atoms with Gasteiger partial charge in [-0.2, -0.15) is 0 Å². The number of hydrogen-bond acceptors (Lipinski definition) is 0. The first-order valence-corrected chi connectivity index (χ1v) is 6.65. The Morgan fingerprint density at radius 3 is 2.25 bits per heavy atom. The minimum absolute atomic E-state index is 0.0649. The maximum absolute atomic E-state index is 2.32. The van der Waals surface area contributed by atoms with Crippen molar-refractivity contribution in [3.05, 3.63) is 29.8 Å². The van der Waals surface area contributed by atoms with Gasteiger partial charge in [-0.05, 0) is 12.0 Å². The van der Waals surface area contributed by atoms with E-state index in [1.54, 1.807) is 5.19 Å². The van der Waals surface area contributed by atoms with E-state index >= 15 is 0 Å². The summed E-state index contributed by atoms with van der Waals surface area (Å²) >= 11 is 0. The van der Waals surface area contributed by atoms with Crippen LogP contribution in [0.1, 0.15) is 25.8 Å². The van der Waals surface area contributed by atoms with Crippen LogP contribution in [0, 0.1) is 0 Å². The third-order valence-electron chi connectivity index (χ3n) is 2.25. The first-order valence-electron chi connectivity index (χ1n) is 4.94. The number of hydrogen-bond donors (Lipinski definition) is 0. The van der Waals surface area contributed by atoms with E-state index in [-0.39, 0.29) is 9.52 Å². The lowest BCUT2D eigenvalue weighted by Crippen LogP contribution is -2.12. The highest BCUT2D eigenvalue weighted by molar-refractivity contribution is 6.53. The Kier molecular flexibility index (Phi) is 4.09. The summed E-state index contributed by atoms with van der Waals surface area (Å²) in [5.74, 6) is 0. The lowest BCUT2D eigenvalue weighted by atomic mass is 10.2. The fourth-order valence-corrected chi connectivity index (χ4v) is 2.65. The summed E-state index contributed by atoms with van der Waals surface area (Å²) in [5, 5.41) is 1.62. The molecular formula is C11H18Si. The molecule has 0 saturated carbocycles. The van der Waals surface area contributed by atoms with Crippen LogP contribution < -0.4 is 5.19 Å². The summed E-state index contributed by atoms with van der Waals surface area (Å²) < 4.78 is 0. The number of aryl methyl sites for hydroxylation is 1. The molecule has 0 nitrogen and oxygen atoms in total. The minimum atomic E-state index is 0.0649. The summed E-state index contributed by atoms with van der Waals surface area (Å²) in [5.41, 5.74) is 1.46. The third-order valence-corrected chi connectivity index (χ3v) is 4.36. The highest BCUT2D eigenvalue weighted by Gasteiger charge is 1.92. The van der Waals surface area contributed by atoms with Crippen molar-refractivity contribution in [1.29, 1.82) is 0 Å².